The maximum Gasteiger partial charge on any atom is 0.0916 e. The normalized spacial score (nSPS) is 26.4. The molecule has 0 saturated carbocycles. The number of aliphatic hydroxyl groups is 1. The van der Waals surface area contributed by atoms with Crippen molar-refractivity contribution in [2.45, 2.75) is 32.2 Å². The fourth-order valence-electron chi connectivity index (χ4n) is 2.46. The van der Waals surface area contributed by atoms with Crippen molar-refractivity contribution in [2.24, 2.45) is 0 Å². The molecule has 1 N–H and O–H groups in total. The molecule has 1 aliphatic heterocycles. The lowest BCUT2D eigenvalue weighted by atomic mass is 10.1. The number of β-amino-alcohol motifs (C(OH)–C–C–N with tert-alkyl or cyclic N) is 1. The Balaban J connectivity index is 0.00000162. The van der Waals surface area contributed by atoms with Crippen molar-refractivity contribution in [3.05, 3.63) is 35.9 Å². The number of morpholine rings is 1. The third-order valence-electron chi connectivity index (χ3n) is 3.11. The van der Waals surface area contributed by atoms with E-state index in [4.69, 9.17) is 4.74 Å². The predicted molar refractivity (Wildman–Crippen MR) is 75.1 cm³/mol. The summed E-state index contributed by atoms with van der Waals surface area (Å²) in [5, 5.41) is 10.2. The Labute approximate surface area is 115 Å². The number of hydrogen-bond donors (Lipinski definition) is 1. The first-order valence-electron chi connectivity index (χ1n) is 6.26. The number of aliphatic hydroxyl groups excluding tert-OH is 1. The Morgan fingerprint density at radius 2 is 1.78 bits per heavy atom. The minimum atomic E-state index is -0.409. The molecule has 0 amide bonds. The number of halogens is 1. The van der Waals surface area contributed by atoms with E-state index < -0.39 is 6.10 Å². The summed E-state index contributed by atoms with van der Waals surface area (Å²) in [6.45, 7) is 6.64. The molecule has 102 valence electrons. The molecule has 1 aromatic rings. The lowest BCUT2D eigenvalue weighted by molar-refractivity contribution is -0.0767. The summed E-state index contributed by atoms with van der Waals surface area (Å²) >= 11 is 0. The van der Waals surface area contributed by atoms with Crippen molar-refractivity contribution in [1.29, 1.82) is 0 Å². The average Bonchev–Trinajstić information content (AvgIpc) is 2.28. The van der Waals surface area contributed by atoms with Crippen LogP contribution in [0.4, 0.5) is 0 Å². The van der Waals surface area contributed by atoms with E-state index in [-0.39, 0.29) is 24.6 Å². The van der Waals surface area contributed by atoms with Gasteiger partial charge in [-0.1, -0.05) is 30.3 Å². The van der Waals surface area contributed by atoms with E-state index in [0.717, 1.165) is 18.7 Å². The smallest absolute Gasteiger partial charge is 0.0916 e. The van der Waals surface area contributed by atoms with Crippen molar-refractivity contribution in [2.75, 3.05) is 19.6 Å². The zero-order valence-electron chi connectivity index (χ0n) is 11.0. The van der Waals surface area contributed by atoms with Gasteiger partial charge in [0, 0.05) is 19.6 Å². The summed E-state index contributed by atoms with van der Waals surface area (Å²) in [5.41, 5.74) is 0.985. The average molecular weight is 272 g/mol. The van der Waals surface area contributed by atoms with Crippen molar-refractivity contribution in [1.82, 2.24) is 4.90 Å². The fourth-order valence-corrected chi connectivity index (χ4v) is 2.46. The molecule has 3 atom stereocenters. The SMILES string of the molecule is CC1CN(CC(O)c2ccccc2)CC(C)O1.Cl. The van der Waals surface area contributed by atoms with Gasteiger partial charge in [-0.3, -0.25) is 4.90 Å². The standard InChI is InChI=1S/C14H21NO2.ClH/c1-11-8-15(9-12(2)17-11)10-14(16)13-6-4-3-5-7-13;/h3-7,11-12,14,16H,8-10H2,1-2H3;1H. The quantitative estimate of drug-likeness (QED) is 0.915. The zero-order chi connectivity index (χ0) is 12.3. The van der Waals surface area contributed by atoms with Gasteiger partial charge in [-0.15, -0.1) is 12.4 Å². The molecule has 2 rings (SSSR count). The van der Waals surface area contributed by atoms with Crippen LogP contribution in [0, 0.1) is 0 Å². The fraction of sp³-hybridized carbons (Fsp3) is 0.571. The van der Waals surface area contributed by atoms with Gasteiger partial charge >= 0.3 is 0 Å². The number of hydrogen-bond acceptors (Lipinski definition) is 3. The summed E-state index contributed by atoms with van der Waals surface area (Å²) in [7, 11) is 0. The lowest BCUT2D eigenvalue weighted by Gasteiger charge is -2.36. The Morgan fingerprint density at radius 3 is 2.33 bits per heavy atom. The Hall–Kier alpha value is -0.610. The van der Waals surface area contributed by atoms with E-state index in [2.05, 4.69) is 18.7 Å². The molecule has 1 fully saturated rings. The third-order valence-corrected chi connectivity index (χ3v) is 3.11. The van der Waals surface area contributed by atoms with Gasteiger partial charge in [0.1, 0.15) is 0 Å². The number of benzene rings is 1. The first-order valence-corrected chi connectivity index (χ1v) is 6.26. The van der Waals surface area contributed by atoms with Crippen LogP contribution in [0.3, 0.4) is 0 Å². The molecule has 0 aromatic heterocycles. The molecule has 1 saturated heterocycles. The summed E-state index contributed by atoms with van der Waals surface area (Å²) in [4.78, 5) is 2.27. The van der Waals surface area contributed by atoms with Gasteiger partial charge in [0.2, 0.25) is 0 Å². The van der Waals surface area contributed by atoms with Gasteiger partial charge in [-0.25, -0.2) is 0 Å². The number of rotatable bonds is 3. The molecule has 1 aliphatic rings. The molecular formula is C14H22ClNO2. The number of ether oxygens (including phenoxy) is 1. The molecule has 3 nitrogen and oxygen atoms in total. The van der Waals surface area contributed by atoms with Crippen LogP contribution in [0.25, 0.3) is 0 Å². The van der Waals surface area contributed by atoms with Gasteiger partial charge in [0.05, 0.1) is 18.3 Å². The first kappa shape index (κ1) is 15.4. The lowest BCUT2D eigenvalue weighted by Crippen LogP contribution is -2.46. The van der Waals surface area contributed by atoms with E-state index in [1.807, 2.05) is 30.3 Å². The van der Waals surface area contributed by atoms with Crippen LogP contribution in [0.1, 0.15) is 25.5 Å². The van der Waals surface area contributed by atoms with Gasteiger partial charge in [-0.05, 0) is 19.4 Å². The van der Waals surface area contributed by atoms with Crippen LogP contribution in [-0.2, 0) is 4.74 Å². The third kappa shape index (κ3) is 4.25. The molecule has 0 spiro atoms. The molecule has 4 heteroatoms. The van der Waals surface area contributed by atoms with Crippen molar-refractivity contribution in [3.8, 4) is 0 Å². The second-order valence-corrected chi connectivity index (χ2v) is 4.90. The Bertz CT molecular complexity index is 337. The van der Waals surface area contributed by atoms with Gasteiger partial charge < -0.3 is 9.84 Å². The van der Waals surface area contributed by atoms with Crippen LogP contribution >= 0.6 is 12.4 Å². The van der Waals surface area contributed by atoms with Crippen LogP contribution in [-0.4, -0.2) is 41.8 Å². The molecular weight excluding hydrogens is 250 g/mol. The van der Waals surface area contributed by atoms with E-state index in [1.54, 1.807) is 0 Å². The molecule has 0 radical (unpaired) electrons. The van der Waals surface area contributed by atoms with E-state index in [1.165, 1.54) is 0 Å². The van der Waals surface area contributed by atoms with Crippen molar-refractivity contribution >= 4 is 12.4 Å². The van der Waals surface area contributed by atoms with Crippen molar-refractivity contribution < 1.29 is 9.84 Å². The second-order valence-electron chi connectivity index (χ2n) is 4.90. The maximum absolute atomic E-state index is 10.2. The molecule has 0 aliphatic carbocycles. The van der Waals surface area contributed by atoms with Crippen LogP contribution in [0.5, 0.6) is 0 Å². The van der Waals surface area contributed by atoms with Crippen molar-refractivity contribution in [3.63, 3.8) is 0 Å². The first-order chi connectivity index (χ1) is 8.15. The highest BCUT2D eigenvalue weighted by Gasteiger charge is 2.24. The molecule has 18 heavy (non-hydrogen) atoms. The highest BCUT2D eigenvalue weighted by atomic mass is 35.5. The van der Waals surface area contributed by atoms with Crippen LogP contribution < -0.4 is 0 Å². The maximum atomic E-state index is 10.2. The highest BCUT2D eigenvalue weighted by Crippen LogP contribution is 2.17. The molecule has 0 bridgehead atoms. The molecule has 3 unspecified atom stereocenters. The molecule has 1 heterocycles. The second kappa shape index (κ2) is 7.10. The predicted octanol–water partition coefficient (Wildman–Crippen LogP) is 2.25. The molecule has 1 aromatic carbocycles. The largest absolute Gasteiger partial charge is 0.387 e. The van der Waals surface area contributed by atoms with Gasteiger partial charge in [-0.2, -0.15) is 0 Å². The summed E-state index contributed by atoms with van der Waals surface area (Å²) < 4.78 is 5.68. The number of nitrogens with zero attached hydrogens (tertiary/aromatic N) is 1. The summed E-state index contributed by atoms with van der Waals surface area (Å²) in [6.07, 6.45) is 0.0946. The Kier molecular flexibility index (Phi) is 6.09. The Morgan fingerprint density at radius 1 is 1.22 bits per heavy atom. The minimum absolute atomic E-state index is 0. The summed E-state index contributed by atoms with van der Waals surface area (Å²) in [5.74, 6) is 0. The van der Waals surface area contributed by atoms with Crippen LogP contribution in [0.15, 0.2) is 30.3 Å². The monoisotopic (exact) mass is 271 g/mol. The zero-order valence-corrected chi connectivity index (χ0v) is 11.8. The highest BCUT2D eigenvalue weighted by molar-refractivity contribution is 5.85. The van der Waals surface area contributed by atoms with E-state index >= 15 is 0 Å². The van der Waals surface area contributed by atoms with E-state index in [9.17, 15) is 5.11 Å². The topological polar surface area (TPSA) is 32.7 Å². The van der Waals surface area contributed by atoms with E-state index in [0.29, 0.717) is 6.54 Å². The minimum Gasteiger partial charge on any atom is -0.387 e. The van der Waals surface area contributed by atoms with Gasteiger partial charge in [0.15, 0.2) is 0 Å². The van der Waals surface area contributed by atoms with Crippen LogP contribution in [0.2, 0.25) is 0 Å². The summed E-state index contributed by atoms with van der Waals surface area (Å²) in [6, 6.07) is 9.83. The van der Waals surface area contributed by atoms with Gasteiger partial charge in [0.25, 0.3) is 0 Å².